The van der Waals surface area contributed by atoms with Crippen LogP contribution in [-0.2, 0) is 6.42 Å². The maximum absolute atomic E-state index is 9.20. The van der Waals surface area contributed by atoms with Crippen molar-refractivity contribution in [3.05, 3.63) is 30.2 Å². The number of nitrogens with zero attached hydrogens (tertiary/aromatic N) is 2. The van der Waals surface area contributed by atoms with Crippen LogP contribution in [0.5, 0.6) is 0 Å². The maximum Gasteiger partial charge on any atom is 0.489 e. The minimum absolute atomic E-state index is 0.367. The molecule has 82 valence electrons. The van der Waals surface area contributed by atoms with Gasteiger partial charge in [0.1, 0.15) is 0 Å². The third-order valence-corrected chi connectivity index (χ3v) is 2.25. The maximum atomic E-state index is 9.20. The van der Waals surface area contributed by atoms with Crippen molar-refractivity contribution in [2.75, 3.05) is 0 Å². The summed E-state index contributed by atoms with van der Waals surface area (Å²) in [7, 11) is -1.54. The number of aromatic nitrogens is 2. The second-order valence-electron chi connectivity index (χ2n) is 3.33. The average molecular weight is 218 g/mol. The molecule has 0 bridgehead atoms. The molecule has 0 aliphatic carbocycles. The van der Waals surface area contributed by atoms with Gasteiger partial charge in [-0.1, -0.05) is 36.3 Å². The topological polar surface area (TPSA) is 79.4 Å². The van der Waals surface area contributed by atoms with Gasteiger partial charge in [-0.15, -0.1) is 0 Å². The summed E-state index contributed by atoms with van der Waals surface area (Å²) in [4.78, 5) is 4.14. The van der Waals surface area contributed by atoms with Crippen LogP contribution >= 0.6 is 0 Å². The molecule has 1 heterocycles. The van der Waals surface area contributed by atoms with E-state index in [0.29, 0.717) is 29.2 Å². The highest BCUT2D eigenvalue weighted by molar-refractivity contribution is 6.60. The fourth-order valence-corrected chi connectivity index (χ4v) is 1.43. The van der Waals surface area contributed by atoms with E-state index in [9.17, 15) is 10.0 Å². The van der Waals surface area contributed by atoms with Gasteiger partial charge in [-0.2, -0.15) is 4.98 Å². The second-order valence-corrected chi connectivity index (χ2v) is 3.33. The number of benzene rings is 1. The van der Waals surface area contributed by atoms with Gasteiger partial charge in [0, 0.05) is 12.0 Å². The highest BCUT2D eigenvalue weighted by Crippen LogP contribution is 2.13. The van der Waals surface area contributed by atoms with E-state index < -0.39 is 7.12 Å². The van der Waals surface area contributed by atoms with E-state index in [1.807, 2.05) is 6.92 Å². The van der Waals surface area contributed by atoms with E-state index in [1.165, 1.54) is 0 Å². The van der Waals surface area contributed by atoms with E-state index in [4.69, 9.17) is 4.52 Å². The van der Waals surface area contributed by atoms with Gasteiger partial charge in [-0.05, 0) is 5.46 Å². The minimum atomic E-state index is -1.54. The third-order valence-electron chi connectivity index (χ3n) is 2.25. The van der Waals surface area contributed by atoms with Crippen LogP contribution in [0, 0.1) is 0 Å². The monoisotopic (exact) mass is 218 g/mol. The summed E-state index contributed by atoms with van der Waals surface area (Å²) in [6.45, 7) is 1.91. The predicted molar refractivity (Wildman–Crippen MR) is 58.9 cm³/mol. The first-order chi connectivity index (χ1) is 7.72. The lowest BCUT2D eigenvalue weighted by atomic mass is 9.77. The molecular weight excluding hydrogens is 207 g/mol. The zero-order valence-corrected chi connectivity index (χ0v) is 8.79. The molecule has 1 aromatic heterocycles. The highest BCUT2D eigenvalue weighted by Gasteiger charge is 2.19. The molecule has 0 atom stereocenters. The Morgan fingerprint density at radius 2 is 2.06 bits per heavy atom. The predicted octanol–water partition coefficient (Wildman–Crippen LogP) is -0.0212. The summed E-state index contributed by atoms with van der Waals surface area (Å²) < 4.78 is 4.98. The Labute approximate surface area is 92.9 Å². The van der Waals surface area contributed by atoms with Crippen molar-refractivity contribution in [3.63, 3.8) is 0 Å². The number of aryl methyl sites for hydroxylation is 1. The Bertz CT molecular complexity index is 484. The molecule has 5 nitrogen and oxygen atoms in total. The van der Waals surface area contributed by atoms with E-state index >= 15 is 0 Å². The summed E-state index contributed by atoms with van der Waals surface area (Å²) >= 11 is 0. The molecule has 2 N–H and O–H groups in total. The molecule has 0 unspecified atom stereocenters. The Kier molecular flexibility index (Phi) is 3.03. The Hall–Kier alpha value is -1.66. The Morgan fingerprint density at radius 3 is 2.69 bits per heavy atom. The van der Waals surface area contributed by atoms with Crippen LogP contribution in [0.4, 0.5) is 0 Å². The summed E-state index contributed by atoms with van der Waals surface area (Å²) in [6, 6.07) is 6.84. The van der Waals surface area contributed by atoms with Crippen LogP contribution in [-0.4, -0.2) is 27.3 Å². The van der Waals surface area contributed by atoms with Gasteiger partial charge in [-0.3, -0.25) is 0 Å². The van der Waals surface area contributed by atoms with Crippen molar-refractivity contribution >= 4 is 12.6 Å². The lowest BCUT2D eigenvalue weighted by molar-refractivity contribution is 0.383. The zero-order chi connectivity index (χ0) is 11.5. The van der Waals surface area contributed by atoms with E-state index in [2.05, 4.69) is 10.1 Å². The number of hydrogen-bond donors (Lipinski definition) is 2. The molecule has 0 aliphatic heterocycles. The molecular formula is C10H11BN2O3. The lowest BCUT2D eigenvalue weighted by Gasteiger charge is -2.03. The summed E-state index contributed by atoms with van der Waals surface area (Å²) in [5, 5.41) is 22.2. The molecule has 2 aromatic rings. The Morgan fingerprint density at radius 1 is 1.31 bits per heavy atom. The van der Waals surface area contributed by atoms with Crippen LogP contribution in [0.1, 0.15) is 12.8 Å². The zero-order valence-electron chi connectivity index (χ0n) is 8.79. The molecule has 0 radical (unpaired) electrons. The Balaban J connectivity index is 2.46. The van der Waals surface area contributed by atoms with Gasteiger partial charge in [-0.25, -0.2) is 0 Å². The molecule has 1 aromatic carbocycles. The van der Waals surface area contributed by atoms with E-state index in [1.54, 1.807) is 24.3 Å². The van der Waals surface area contributed by atoms with Crippen molar-refractivity contribution in [1.82, 2.24) is 10.1 Å². The molecule has 0 saturated heterocycles. The van der Waals surface area contributed by atoms with Crippen LogP contribution in [0.2, 0.25) is 0 Å². The molecule has 0 saturated carbocycles. The molecule has 6 heteroatoms. The normalized spacial score (nSPS) is 10.4. The third kappa shape index (κ3) is 1.98. The number of hydrogen-bond acceptors (Lipinski definition) is 5. The molecule has 16 heavy (non-hydrogen) atoms. The SMILES string of the molecule is CCc1nc(-c2ccccc2B(O)O)no1. The fourth-order valence-electron chi connectivity index (χ4n) is 1.43. The molecule has 2 rings (SSSR count). The molecule has 0 aliphatic rings. The quantitative estimate of drug-likeness (QED) is 0.707. The lowest BCUT2D eigenvalue weighted by Crippen LogP contribution is -2.31. The molecule has 0 spiro atoms. The number of rotatable bonds is 3. The van der Waals surface area contributed by atoms with E-state index in [0.717, 1.165) is 0 Å². The highest BCUT2D eigenvalue weighted by atomic mass is 16.5. The van der Waals surface area contributed by atoms with Crippen LogP contribution in [0.15, 0.2) is 28.8 Å². The van der Waals surface area contributed by atoms with Gasteiger partial charge in [0.25, 0.3) is 0 Å². The largest absolute Gasteiger partial charge is 0.489 e. The van der Waals surface area contributed by atoms with Crippen molar-refractivity contribution < 1.29 is 14.6 Å². The van der Waals surface area contributed by atoms with Crippen molar-refractivity contribution in [3.8, 4) is 11.4 Å². The first-order valence-corrected chi connectivity index (χ1v) is 5.00. The first-order valence-electron chi connectivity index (χ1n) is 5.00. The smallest absolute Gasteiger partial charge is 0.423 e. The van der Waals surface area contributed by atoms with Gasteiger partial charge < -0.3 is 14.6 Å². The van der Waals surface area contributed by atoms with Crippen molar-refractivity contribution in [2.24, 2.45) is 0 Å². The van der Waals surface area contributed by atoms with E-state index in [-0.39, 0.29) is 0 Å². The summed E-state index contributed by atoms with van der Waals surface area (Å²) in [5.74, 6) is 0.901. The second kappa shape index (κ2) is 4.46. The summed E-state index contributed by atoms with van der Waals surface area (Å²) in [6.07, 6.45) is 0.650. The van der Waals surface area contributed by atoms with Crippen LogP contribution in [0.3, 0.4) is 0 Å². The van der Waals surface area contributed by atoms with Gasteiger partial charge in [0.2, 0.25) is 11.7 Å². The first kappa shape index (κ1) is 10.8. The van der Waals surface area contributed by atoms with Gasteiger partial charge >= 0.3 is 7.12 Å². The summed E-state index contributed by atoms with van der Waals surface area (Å²) in [5.41, 5.74) is 0.937. The fraction of sp³-hybridized carbons (Fsp3) is 0.200. The van der Waals surface area contributed by atoms with Gasteiger partial charge in [0.15, 0.2) is 0 Å². The molecule has 0 amide bonds. The van der Waals surface area contributed by atoms with Crippen LogP contribution in [0.25, 0.3) is 11.4 Å². The van der Waals surface area contributed by atoms with Crippen molar-refractivity contribution in [2.45, 2.75) is 13.3 Å². The standard InChI is InChI=1S/C10H11BN2O3/c1-2-9-12-10(13-16-9)7-5-3-4-6-8(7)11(14)15/h3-6,14-15H,2H2,1H3. The molecule has 0 fully saturated rings. The minimum Gasteiger partial charge on any atom is -0.423 e. The average Bonchev–Trinajstić information content (AvgIpc) is 2.77. The van der Waals surface area contributed by atoms with Crippen molar-refractivity contribution in [1.29, 1.82) is 0 Å². The van der Waals surface area contributed by atoms with Crippen LogP contribution < -0.4 is 5.46 Å². The van der Waals surface area contributed by atoms with Gasteiger partial charge in [0.05, 0.1) is 0 Å².